The van der Waals surface area contributed by atoms with E-state index in [1.165, 1.54) is 0 Å². The molecule has 0 aliphatic carbocycles. The Kier molecular flexibility index (Phi) is 5.37. The van der Waals surface area contributed by atoms with E-state index in [0.717, 1.165) is 19.4 Å². The first kappa shape index (κ1) is 14.7. The summed E-state index contributed by atoms with van der Waals surface area (Å²) in [6, 6.07) is 5.10. The second-order valence-electron chi connectivity index (χ2n) is 4.20. The van der Waals surface area contributed by atoms with Gasteiger partial charge in [0.25, 0.3) is 5.91 Å². The van der Waals surface area contributed by atoms with E-state index in [0.29, 0.717) is 18.1 Å². The summed E-state index contributed by atoms with van der Waals surface area (Å²) in [6.07, 6.45) is 2.10. The Balaban J connectivity index is 0.00000162. The highest BCUT2D eigenvalue weighted by molar-refractivity contribution is 5.92. The molecule has 1 unspecified atom stereocenters. The first-order valence-electron chi connectivity index (χ1n) is 5.75. The number of halogens is 1. The monoisotopic (exact) mass is 271 g/mol. The summed E-state index contributed by atoms with van der Waals surface area (Å²) in [6.45, 7) is 1.39. The molecule has 1 aliphatic rings. The molecule has 1 atom stereocenters. The number of nitrogens with zero attached hydrogens (tertiary/aromatic N) is 2. The minimum Gasteiger partial charge on any atom is -0.384 e. The van der Waals surface area contributed by atoms with Crippen molar-refractivity contribution >= 4 is 24.1 Å². The molecule has 1 aromatic heterocycles. The van der Waals surface area contributed by atoms with Gasteiger partial charge in [-0.2, -0.15) is 0 Å². The molecular formula is C12H18ClN3O2. The summed E-state index contributed by atoms with van der Waals surface area (Å²) >= 11 is 0. The molecule has 1 aliphatic heterocycles. The third-order valence-corrected chi connectivity index (χ3v) is 2.99. The second-order valence-corrected chi connectivity index (χ2v) is 4.20. The van der Waals surface area contributed by atoms with E-state index >= 15 is 0 Å². The van der Waals surface area contributed by atoms with E-state index < -0.39 is 0 Å². The molecule has 0 aromatic carbocycles. The van der Waals surface area contributed by atoms with Gasteiger partial charge < -0.3 is 15.4 Å². The lowest BCUT2D eigenvalue weighted by Gasteiger charge is -2.31. The molecule has 18 heavy (non-hydrogen) atoms. The zero-order chi connectivity index (χ0) is 12.3. The number of hydrogen-bond donors (Lipinski definition) is 1. The fourth-order valence-corrected chi connectivity index (χ4v) is 2.05. The fourth-order valence-electron chi connectivity index (χ4n) is 2.05. The van der Waals surface area contributed by atoms with Crippen LogP contribution in [0, 0.1) is 0 Å². The number of aromatic nitrogens is 1. The largest absolute Gasteiger partial charge is 0.384 e. The maximum atomic E-state index is 12.2. The number of amides is 1. The first-order valence-corrected chi connectivity index (χ1v) is 5.75. The Morgan fingerprint density at radius 2 is 2.33 bits per heavy atom. The second kappa shape index (κ2) is 6.56. The average molecular weight is 272 g/mol. The van der Waals surface area contributed by atoms with Crippen molar-refractivity contribution in [1.82, 2.24) is 9.88 Å². The normalized spacial score (nSPS) is 19.2. The summed E-state index contributed by atoms with van der Waals surface area (Å²) in [4.78, 5) is 18.0. The molecule has 0 spiro atoms. The number of piperidine rings is 1. The maximum Gasteiger partial charge on any atom is 0.272 e. The van der Waals surface area contributed by atoms with E-state index in [9.17, 15) is 4.79 Å². The highest BCUT2D eigenvalue weighted by atomic mass is 35.5. The van der Waals surface area contributed by atoms with Crippen molar-refractivity contribution in [2.45, 2.75) is 18.9 Å². The van der Waals surface area contributed by atoms with Gasteiger partial charge in [0.15, 0.2) is 0 Å². The van der Waals surface area contributed by atoms with Crippen LogP contribution in [0.4, 0.5) is 5.82 Å². The zero-order valence-electron chi connectivity index (χ0n) is 10.3. The van der Waals surface area contributed by atoms with Gasteiger partial charge in [-0.1, -0.05) is 6.07 Å². The first-order chi connectivity index (χ1) is 8.20. The van der Waals surface area contributed by atoms with Gasteiger partial charge in [-0.15, -0.1) is 12.4 Å². The maximum absolute atomic E-state index is 12.2. The van der Waals surface area contributed by atoms with E-state index in [1.54, 1.807) is 30.2 Å². The van der Waals surface area contributed by atoms with Crippen LogP contribution in [0.2, 0.25) is 0 Å². The number of rotatable bonds is 2. The predicted octanol–water partition coefficient (Wildman–Crippen LogP) is 1.34. The Hall–Kier alpha value is -1.33. The third-order valence-electron chi connectivity index (χ3n) is 2.99. The number of carbonyl (C=O) groups excluding carboxylic acids is 1. The molecule has 2 heterocycles. The van der Waals surface area contributed by atoms with Gasteiger partial charge in [0.05, 0.1) is 6.10 Å². The van der Waals surface area contributed by atoms with Gasteiger partial charge in [0.2, 0.25) is 0 Å². The number of ether oxygens (including phenoxy) is 1. The Morgan fingerprint density at radius 1 is 1.56 bits per heavy atom. The Labute approximate surface area is 113 Å². The third kappa shape index (κ3) is 3.34. The van der Waals surface area contributed by atoms with Crippen LogP contribution in [0.1, 0.15) is 23.3 Å². The number of methoxy groups -OCH3 is 1. The highest BCUT2D eigenvalue weighted by Gasteiger charge is 2.24. The molecule has 2 rings (SSSR count). The van der Waals surface area contributed by atoms with Crippen molar-refractivity contribution in [3.05, 3.63) is 23.9 Å². The number of nitrogen functional groups attached to an aromatic ring is 1. The molecule has 6 heteroatoms. The Bertz CT molecular complexity index is 414. The number of nitrogens with two attached hydrogens (primary N) is 1. The lowest BCUT2D eigenvalue weighted by molar-refractivity contribution is 0.0266. The van der Waals surface area contributed by atoms with Crippen molar-refractivity contribution in [3.63, 3.8) is 0 Å². The lowest BCUT2D eigenvalue weighted by Crippen LogP contribution is -2.43. The summed E-state index contributed by atoms with van der Waals surface area (Å²) in [7, 11) is 1.68. The van der Waals surface area contributed by atoms with Crippen molar-refractivity contribution in [1.29, 1.82) is 0 Å². The van der Waals surface area contributed by atoms with Crippen LogP contribution in [0.15, 0.2) is 18.2 Å². The van der Waals surface area contributed by atoms with Crippen LogP contribution in [-0.2, 0) is 4.74 Å². The number of hydrogen-bond acceptors (Lipinski definition) is 4. The zero-order valence-corrected chi connectivity index (χ0v) is 11.2. The van der Waals surface area contributed by atoms with E-state index in [1.807, 2.05) is 0 Å². The fraction of sp³-hybridized carbons (Fsp3) is 0.500. The number of pyridine rings is 1. The number of likely N-dealkylation sites (tertiary alicyclic amines) is 1. The molecule has 0 bridgehead atoms. The van der Waals surface area contributed by atoms with Gasteiger partial charge in [0.1, 0.15) is 11.5 Å². The van der Waals surface area contributed by atoms with Crippen molar-refractivity contribution in [2.75, 3.05) is 25.9 Å². The molecule has 0 radical (unpaired) electrons. The Morgan fingerprint density at radius 3 is 3.00 bits per heavy atom. The van der Waals surface area contributed by atoms with Crippen molar-refractivity contribution in [3.8, 4) is 0 Å². The summed E-state index contributed by atoms with van der Waals surface area (Å²) in [5.74, 6) is 0.301. The van der Waals surface area contributed by atoms with Crippen LogP contribution < -0.4 is 5.73 Å². The summed E-state index contributed by atoms with van der Waals surface area (Å²) in [5.41, 5.74) is 5.98. The lowest BCUT2D eigenvalue weighted by atomic mass is 10.1. The summed E-state index contributed by atoms with van der Waals surface area (Å²) < 4.78 is 5.29. The standard InChI is InChI=1S/C12H17N3O2.ClH/c1-17-9-4-3-7-15(8-9)12(16)10-5-2-6-11(13)14-10;/h2,5-6,9H,3-4,7-8H2,1H3,(H2,13,14);1H. The van der Waals surface area contributed by atoms with Crippen molar-refractivity contribution < 1.29 is 9.53 Å². The van der Waals surface area contributed by atoms with E-state index in [2.05, 4.69) is 4.98 Å². The van der Waals surface area contributed by atoms with E-state index in [4.69, 9.17) is 10.5 Å². The van der Waals surface area contributed by atoms with Gasteiger partial charge >= 0.3 is 0 Å². The van der Waals surface area contributed by atoms with Crippen LogP contribution in [0.25, 0.3) is 0 Å². The molecule has 0 saturated carbocycles. The van der Waals surface area contributed by atoms with Crippen LogP contribution in [-0.4, -0.2) is 42.1 Å². The van der Waals surface area contributed by atoms with Gasteiger partial charge in [0, 0.05) is 20.2 Å². The average Bonchev–Trinajstić information content (AvgIpc) is 2.38. The molecule has 1 fully saturated rings. The van der Waals surface area contributed by atoms with Crippen LogP contribution in [0.3, 0.4) is 0 Å². The van der Waals surface area contributed by atoms with Crippen molar-refractivity contribution in [2.24, 2.45) is 0 Å². The summed E-state index contributed by atoms with van der Waals surface area (Å²) in [5, 5.41) is 0. The van der Waals surface area contributed by atoms with Gasteiger partial charge in [-0.25, -0.2) is 4.98 Å². The minimum absolute atomic E-state index is 0. The smallest absolute Gasteiger partial charge is 0.272 e. The van der Waals surface area contributed by atoms with Crippen LogP contribution >= 0.6 is 12.4 Å². The van der Waals surface area contributed by atoms with Gasteiger partial charge in [-0.3, -0.25) is 4.79 Å². The quantitative estimate of drug-likeness (QED) is 0.881. The topological polar surface area (TPSA) is 68.5 Å². The number of carbonyl (C=O) groups is 1. The predicted molar refractivity (Wildman–Crippen MR) is 71.8 cm³/mol. The molecule has 1 aromatic rings. The molecule has 5 nitrogen and oxygen atoms in total. The molecular weight excluding hydrogens is 254 g/mol. The molecule has 1 amide bonds. The van der Waals surface area contributed by atoms with E-state index in [-0.39, 0.29) is 24.4 Å². The molecule has 2 N–H and O–H groups in total. The molecule has 1 saturated heterocycles. The number of anilines is 1. The van der Waals surface area contributed by atoms with Gasteiger partial charge in [-0.05, 0) is 25.0 Å². The van der Waals surface area contributed by atoms with Crippen LogP contribution in [0.5, 0.6) is 0 Å². The minimum atomic E-state index is -0.0703. The SMILES string of the molecule is COC1CCCN(C(=O)c2cccc(N)n2)C1.Cl. The highest BCUT2D eigenvalue weighted by Crippen LogP contribution is 2.15. The molecule has 100 valence electrons.